The third-order valence-corrected chi connectivity index (χ3v) is 4.27. The fourth-order valence-corrected chi connectivity index (χ4v) is 2.73. The molecule has 2 aromatic heterocycles. The fraction of sp³-hybridized carbons (Fsp3) is 0.529. The van der Waals surface area contributed by atoms with Gasteiger partial charge in [0.15, 0.2) is 0 Å². The topological polar surface area (TPSA) is 70.1 Å². The van der Waals surface area contributed by atoms with Gasteiger partial charge in [-0.25, -0.2) is 19.9 Å². The zero-order chi connectivity index (χ0) is 16.9. The molecule has 24 heavy (non-hydrogen) atoms. The second-order valence-corrected chi connectivity index (χ2v) is 6.14. The number of aromatic nitrogens is 4. The lowest BCUT2D eigenvalue weighted by Gasteiger charge is -2.35. The highest BCUT2D eigenvalue weighted by atomic mass is 15.3. The molecule has 1 unspecified atom stereocenters. The van der Waals surface area contributed by atoms with E-state index in [0.717, 1.165) is 56.0 Å². The summed E-state index contributed by atoms with van der Waals surface area (Å²) in [6.07, 6.45) is 4.64. The predicted molar refractivity (Wildman–Crippen MR) is 96.6 cm³/mol. The number of anilines is 3. The van der Waals surface area contributed by atoms with Crippen molar-refractivity contribution < 1.29 is 0 Å². The Bertz CT molecular complexity index is 653. The van der Waals surface area contributed by atoms with Gasteiger partial charge in [-0.15, -0.1) is 0 Å². The molecule has 1 aliphatic heterocycles. The van der Waals surface area contributed by atoms with E-state index in [1.165, 1.54) is 0 Å². The molecule has 1 aliphatic rings. The van der Waals surface area contributed by atoms with Gasteiger partial charge >= 0.3 is 0 Å². The van der Waals surface area contributed by atoms with Crippen LogP contribution in [0.15, 0.2) is 24.5 Å². The zero-order valence-electron chi connectivity index (χ0n) is 14.6. The lowest BCUT2D eigenvalue weighted by molar-refractivity contribution is 0.633. The molecule has 1 N–H and O–H groups in total. The first-order chi connectivity index (χ1) is 11.7. The Labute approximate surface area is 143 Å². The minimum absolute atomic E-state index is 0.402. The first-order valence-electron chi connectivity index (χ1n) is 8.55. The maximum absolute atomic E-state index is 4.61. The lowest BCUT2D eigenvalue weighted by Crippen LogP contribution is -2.47. The largest absolute Gasteiger partial charge is 0.367 e. The van der Waals surface area contributed by atoms with Gasteiger partial charge in [-0.1, -0.05) is 6.92 Å². The van der Waals surface area contributed by atoms with Crippen LogP contribution in [0.25, 0.3) is 0 Å². The van der Waals surface area contributed by atoms with Crippen LogP contribution in [0, 0.1) is 6.92 Å². The number of nitrogens with zero attached hydrogens (tertiary/aromatic N) is 6. The quantitative estimate of drug-likeness (QED) is 0.902. The molecule has 3 heterocycles. The van der Waals surface area contributed by atoms with Crippen molar-refractivity contribution in [1.82, 2.24) is 19.9 Å². The standard InChI is InChI=1S/C17H25N7/c1-4-13(2)20-15-12-16(22-14(3)21-15)23-8-10-24(11-9-23)17-18-6-5-7-19-17/h5-7,12-13H,4,8-11H2,1-3H3,(H,20,21,22). The van der Waals surface area contributed by atoms with Crippen LogP contribution >= 0.6 is 0 Å². The second kappa shape index (κ2) is 7.42. The van der Waals surface area contributed by atoms with Gasteiger partial charge in [-0.05, 0) is 26.3 Å². The highest BCUT2D eigenvalue weighted by Gasteiger charge is 2.20. The van der Waals surface area contributed by atoms with Gasteiger partial charge < -0.3 is 15.1 Å². The van der Waals surface area contributed by atoms with Crippen molar-refractivity contribution in [3.05, 3.63) is 30.4 Å². The molecule has 3 rings (SSSR count). The smallest absolute Gasteiger partial charge is 0.225 e. The summed E-state index contributed by atoms with van der Waals surface area (Å²) in [7, 11) is 0. The van der Waals surface area contributed by atoms with Gasteiger partial charge in [0, 0.05) is 50.7 Å². The van der Waals surface area contributed by atoms with Crippen LogP contribution in [0.4, 0.5) is 17.6 Å². The Hall–Kier alpha value is -2.44. The molecule has 128 valence electrons. The van der Waals surface area contributed by atoms with Gasteiger partial charge in [0.25, 0.3) is 0 Å². The van der Waals surface area contributed by atoms with E-state index < -0.39 is 0 Å². The van der Waals surface area contributed by atoms with E-state index in [1.807, 2.05) is 19.1 Å². The predicted octanol–water partition coefficient (Wildman–Crippen LogP) is 2.11. The molecule has 0 aromatic carbocycles. The lowest BCUT2D eigenvalue weighted by atomic mass is 10.2. The highest BCUT2D eigenvalue weighted by Crippen LogP contribution is 2.19. The van der Waals surface area contributed by atoms with Gasteiger partial charge in [0.1, 0.15) is 17.5 Å². The molecule has 0 radical (unpaired) electrons. The number of hydrogen-bond acceptors (Lipinski definition) is 7. The Morgan fingerprint density at radius 3 is 2.42 bits per heavy atom. The number of nitrogens with one attached hydrogen (secondary N) is 1. The van der Waals surface area contributed by atoms with Crippen molar-refractivity contribution in [2.45, 2.75) is 33.2 Å². The first-order valence-corrected chi connectivity index (χ1v) is 8.55. The highest BCUT2D eigenvalue weighted by molar-refractivity contribution is 5.51. The molecule has 2 aromatic rings. The Kier molecular flexibility index (Phi) is 5.08. The van der Waals surface area contributed by atoms with Gasteiger partial charge in [0.2, 0.25) is 5.95 Å². The molecule has 0 saturated carbocycles. The normalized spacial score (nSPS) is 16.1. The van der Waals surface area contributed by atoms with Crippen LogP contribution in [0.2, 0.25) is 0 Å². The molecule has 1 saturated heterocycles. The molecule has 0 aliphatic carbocycles. The average molecular weight is 327 g/mol. The maximum Gasteiger partial charge on any atom is 0.225 e. The zero-order valence-corrected chi connectivity index (χ0v) is 14.6. The minimum Gasteiger partial charge on any atom is -0.367 e. The monoisotopic (exact) mass is 327 g/mol. The molecular weight excluding hydrogens is 302 g/mol. The molecule has 1 atom stereocenters. The molecule has 0 amide bonds. The number of aryl methyl sites for hydroxylation is 1. The van der Waals surface area contributed by atoms with Crippen LogP contribution in [0.3, 0.4) is 0 Å². The van der Waals surface area contributed by atoms with E-state index in [1.54, 1.807) is 12.4 Å². The van der Waals surface area contributed by atoms with Crippen LogP contribution in [-0.2, 0) is 0 Å². The number of rotatable bonds is 5. The van der Waals surface area contributed by atoms with Gasteiger partial charge in [-0.2, -0.15) is 0 Å². The minimum atomic E-state index is 0.402. The van der Waals surface area contributed by atoms with E-state index >= 15 is 0 Å². The summed E-state index contributed by atoms with van der Waals surface area (Å²) in [5, 5.41) is 3.44. The molecule has 7 nitrogen and oxygen atoms in total. The van der Waals surface area contributed by atoms with Crippen LogP contribution < -0.4 is 15.1 Å². The Morgan fingerprint density at radius 2 is 1.75 bits per heavy atom. The maximum atomic E-state index is 4.61. The molecular formula is C17H25N7. The van der Waals surface area contributed by atoms with Crippen LogP contribution in [0.1, 0.15) is 26.1 Å². The summed E-state index contributed by atoms with van der Waals surface area (Å²) in [6, 6.07) is 4.29. The van der Waals surface area contributed by atoms with E-state index in [0.29, 0.717) is 6.04 Å². The summed E-state index contributed by atoms with van der Waals surface area (Å²) in [6.45, 7) is 9.85. The molecule has 0 bridgehead atoms. The van der Waals surface area contributed by atoms with E-state index in [2.05, 4.69) is 48.9 Å². The Balaban J connectivity index is 1.67. The SMILES string of the molecule is CCC(C)Nc1cc(N2CCN(c3ncccn3)CC2)nc(C)n1. The van der Waals surface area contributed by atoms with Crippen molar-refractivity contribution in [3.63, 3.8) is 0 Å². The van der Waals surface area contributed by atoms with Crippen LogP contribution in [-0.4, -0.2) is 52.2 Å². The molecule has 0 spiro atoms. The summed E-state index contributed by atoms with van der Waals surface area (Å²) in [5.41, 5.74) is 0. The number of piperazine rings is 1. The second-order valence-electron chi connectivity index (χ2n) is 6.14. The summed E-state index contributed by atoms with van der Waals surface area (Å²) in [5.74, 6) is 3.49. The van der Waals surface area contributed by atoms with E-state index in [9.17, 15) is 0 Å². The van der Waals surface area contributed by atoms with Crippen molar-refractivity contribution in [3.8, 4) is 0 Å². The first kappa shape index (κ1) is 16.4. The fourth-order valence-electron chi connectivity index (χ4n) is 2.73. The summed E-state index contributed by atoms with van der Waals surface area (Å²) >= 11 is 0. The Morgan fingerprint density at radius 1 is 1.08 bits per heavy atom. The summed E-state index contributed by atoms with van der Waals surface area (Å²) < 4.78 is 0. The van der Waals surface area contributed by atoms with Crippen molar-refractivity contribution in [2.75, 3.05) is 41.3 Å². The van der Waals surface area contributed by atoms with Crippen molar-refractivity contribution >= 4 is 17.6 Å². The van der Waals surface area contributed by atoms with Gasteiger partial charge in [0.05, 0.1) is 0 Å². The molecule has 7 heteroatoms. The van der Waals surface area contributed by atoms with Crippen LogP contribution in [0.5, 0.6) is 0 Å². The third-order valence-electron chi connectivity index (χ3n) is 4.27. The van der Waals surface area contributed by atoms with Gasteiger partial charge in [-0.3, -0.25) is 0 Å². The summed E-state index contributed by atoms with van der Waals surface area (Å²) in [4.78, 5) is 22.3. The van der Waals surface area contributed by atoms with E-state index in [4.69, 9.17) is 0 Å². The third kappa shape index (κ3) is 3.90. The molecule has 1 fully saturated rings. The van der Waals surface area contributed by atoms with Crippen molar-refractivity contribution in [2.24, 2.45) is 0 Å². The van der Waals surface area contributed by atoms with Crippen molar-refractivity contribution in [1.29, 1.82) is 0 Å². The number of hydrogen-bond donors (Lipinski definition) is 1. The average Bonchev–Trinajstić information content (AvgIpc) is 2.62. The van der Waals surface area contributed by atoms with E-state index in [-0.39, 0.29) is 0 Å².